The molecule has 1 aliphatic rings. The third-order valence-electron chi connectivity index (χ3n) is 3.88. The highest BCUT2D eigenvalue weighted by atomic mass is 16.5. The quantitative estimate of drug-likeness (QED) is 0.439. The molecule has 1 saturated carbocycles. The maximum atomic E-state index is 5.36. The molecule has 0 heterocycles. The first-order valence-electron chi connectivity index (χ1n) is 7.90. The minimum absolute atomic E-state index is 0.850. The lowest BCUT2D eigenvalue weighted by Crippen LogP contribution is -2.38. The van der Waals surface area contributed by atoms with Gasteiger partial charge in [0.25, 0.3) is 0 Å². The van der Waals surface area contributed by atoms with Gasteiger partial charge in [0.2, 0.25) is 0 Å². The van der Waals surface area contributed by atoms with E-state index in [1.807, 2.05) is 25.2 Å². The monoisotopic (exact) mass is 289 g/mol. The van der Waals surface area contributed by atoms with E-state index in [2.05, 4.69) is 21.7 Å². The number of guanidine groups is 1. The molecule has 4 heteroatoms. The second kappa shape index (κ2) is 8.55. The van der Waals surface area contributed by atoms with Crippen molar-refractivity contribution in [3.05, 3.63) is 29.8 Å². The smallest absolute Gasteiger partial charge is 0.190 e. The van der Waals surface area contributed by atoms with E-state index in [4.69, 9.17) is 4.74 Å². The van der Waals surface area contributed by atoms with E-state index < -0.39 is 0 Å². The molecule has 0 bridgehead atoms. The average molecular weight is 289 g/mol. The van der Waals surface area contributed by atoms with Crippen molar-refractivity contribution in [3.8, 4) is 5.75 Å². The van der Waals surface area contributed by atoms with Crippen LogP contribution in [0.25, 0.3) is 0 Å². The summed E-state index contributed by atoms with van der Waals surface area (Å²) in [6, 6.07) is 8.14. The Morgan fingerprint density at radius 1 is 1.24 bits per heavy atom. The zero-order valence-corrected chi connectivity index (χ0v) is 13.2. The zero-order chi connectivity index (χ0) is 14.9. The zero-order valence-electron chi connectivity index (χ0n) is 13.2. The lowest BCUT2D eigenvalue weighted by molar-refractivity contribution is 0.409. The Bertz CT molecular complexity index is 455. The standard InChI is InChI=1S/C17H27N3O/c1-18-17(19-12-5-6-14-9-10-14)20-13-11-15-7-3-4-8-16(15)21-2/h3-4,7-8,14H,5-6,9-13H2,1-2H3,(H2,18,19,20). The van der Waals surface area contributed by atoms with Gasteiger partial charge in [-0.15, -0.1) is 0 Å². The van der Waals surface area contributed by atoms with Crippen LogP contribution >= 0.6 is 0 Å². The Morgan fingerprint density at radius 2 is 2.00 bits per heavy atom. The van der Waals surface area contributed by atoms with E-state index in [9.17, 15) is 0 Å². The van der Waals surface area contributed by atoms with Crippen LogP contribution in [0.5, 0.6) is 5.75 Å². The molecule has 2 rings (SSSR count). The highest BCUT2D eigenvalue weighted by molar-refractivity contribution is 5.79. The van der Waals surface area contributed by atoms with Crippen LogP contribution in [0, 0.1) is 5.92 Å². The summed E-state index contributed by atoms with van der Waals surface area (Å²) in [5, 5.41) is 6.73. The summed E-state index contributed by atoms with van der Waals surface area (Å²) in [6.07, 6.45) is 6.38. The van der Waals surface area contributed by atoms with Gasteiger partial charge in [-0.2, -0.15) is 0 Å². The number of methoxy groups -OCH3 is 1. The molecule has 116 valence electrons. The van der Waals surface area contributed by atoms with Crippen LogP contribution in [0.15, 0.2) is 29.3 Å². The van der Waals surface area contributed by atoms with E-state index in [0.717, 1.165) is 37.1 Å². The number of rotatable bonds is 8. The summed E-state index contributed by atoms with van der Waals surface area (Å²) in [5.41, 5.74) is 1.22. The number of para-hydroxylation sites is 1. The third kappa shape index (κ3) is 5.66. The molecule has 0 atom stereocenters. The van der Waals surface area contributed by atoms with Gasteiger partial charge >= 0.3 is 0 Å². The third-order valence-corrected chi connectivity index (χ3v) is 3.88. The molecule has 0 unspecified atom stereocenters. The van der Waals surface area contributed by atoms with Gasteiger partial charge in [0.15, 0.2) is 5.96 Å². The average Bonchev–Trinajstić information content (AvgIpc) is 3.34. The molecular weight excluding hydrogens is 262 g/mol. The topological polar surface area (TPSA) is 45.7 Å². The Balaban J connectivity index is 1.65. The molecule has 0 aliphatic heterocycles. The van der Waals surface area contributed by atoms with Crippen LogP contribution in [0.3, 0.4) is 0 Å². The van der Waals surface area contributed by atoms with Crippen molar-refractivity contribution >= 4 is 5.96 Å². The number of benzene rings is 1. The number of hydrogen-bond acceptors (Lipinski definition) is 2. The fraction of sp³-hybridized carbons (Fsp3) is 0.588. The van der Waals surface area contributed by atoms with Crippen LogP contribution in [0.4, 0.5) is 0 Å². The molecule has 21 heavy (non-hydrogen) atoms. The summed E-state index contributed by atoms with van der Waals surface area (Å²) in [7, 11) is 3.53. The Labute approximate surface area is 128 Å². The van der Waals surface area contributed by atoms with Gasteiger partial charge in [0.1, 0.15) is 5.75 Å². The van der Waals surface area contributed by atoms with Crippen molar-refractivity contribution in [2.45, 2.75) is 32.1 Å². The second-order valence-electron chi connectivity index (χ2n) is 5.57. The molecule has 4 nitrogen and oxygen atoms in total. The summed E-state index contributed by atoms with van der Waals surface area (Å²) in [6.45, 7) is 1.85. The van der Waals surface area contributed by atoms with E-state index in [1.165, 1.54) is 31.2 Å². The first-order chi connectivity index (χ1) is 10.3. The predicted molar refractivity (Wildman–Crippen MR) is 88.0 cm³/mol. The van der Waals surface area contributed by atoms with Crippen molar-refractivity contribution in [1.82, 2.24) is 10.6 Å². The van der Waals surface area contributed by atoms with E-state index in [0.29, 0.717) is 0 Å². The van der Waals surface area contributed by atoms with Crippen LogP contribution < -0.4 is 15.4 Å². The molecule has 1 aliphatic carbocycles. The van der Waals surface area contributed by atoms with Gasteiger partial charge in [-0.05, 0) is 36.8 Å². The van der Waals surface area contributed by atoms with E-state index >= 15 is 0 Å². The maximum absolute atomic E-state index is 5.36. The van der Waals surface area contributed by atoms with Crippen LogP contribution in [-0.2, 0) is 6.42 Å². The number of nitrogens with one attached hydrogen (secondary N) is 2. The van der Waals surface area contributed by atoms with E-state index in [1.54, 1.807) is 7.11 Å². The highest BCUT2D eigenvalue weighted by Gasteiger charge is 2.19. The van der Waals surface area contributed by atoms with Crippen LogP contribution in [-0.4, -0.2) is 33.2 Å². The molecule has 0 amide bonds. The first-order valence-corrected chi connectivity index (χ1v) is 7.90. The van der Waals surface area contributed by atoms with Gasteiger partial charge in [0.05, 0.1) is 7.11 Å². The van der Waals surface area contributed by atoms with Gasteiger partial charge in [0, 0.05) is 20.1 Å². The second-order valence-corrected chi connectivity index (χ2v) is 5.57. The van der Waals surface area contributed by atoms with Crippen molar-refractivity contribution < 1.29 is 4.74 Å². The Morgan fingerprint density at radius 3 is 2.71 bits per heavy atom. The van der Waals surface area contributed by atoms with Gasteiger partial charge in [-0.25, -0.2) is 0 Å². The number of aliphatic imine (C=N–C) groups is 1. The number of ether oxygens (including phenoxy) is 1. The van der Waals surface area contributed by atoms with Crippen LogP contribution in [0.2, 0.25) is 0 Å². The van der Waals surface area contributed by atoms with Crippen LogP contribution in [0.1, 0.15) is 31.2 Å². The van der Waals surface area contributed by atoms with Crippen molar-refractivity contribution in [2.75, 3.05) is 27.2 Å². The normalized spacial score (nSPS) is 14.9. The molecule has 0 aromatic heterocycles. The molecule has 1 aromatic carbocycles. The summed E-state index contributed by atoms with van der Waals surface area (Å²) < 4.78 is 5.36. The van der Waals surface area contributed by atoms with Crippen molar-refractivity contribution in [1.29, 1.82) is 0 Å². The molecule has 0 spiro atoms. The van der Waals surface area contributed by atoms with E-state index in [-0.39, 0.29) is 0 Å². The summed E-state index contributed by atoms with van der Waals surface area (Å²) in [5.74, 6) is 2.85. The van der Waals surface area contributed by atoms with Crippen molar-refractivity contribution in [3.63, 3.8) is 0 Å². The summed E-state index contributed by atoms with van der Waals surface area (Å²) in [4.78, 5) is 4.26. The van der Waals surface area contributed by atoms with Gasteiger partial charge in [-0.1, -0.05) is 31.0 Å². The fourth-order valence-corrected chi connectivity index (χ4v) is 2.45. The minimum atomic E-state index is 0.850. The maximum Gasteiger partial charge on any atom is 0.190 e. The fourth-order valence-electron chi connectivity index (χ4n) is 2.45. The molecule has 1 fully saturated rings. The molecule has 0 saturated heterocycles. The SMILES string of the molecule is CN=C(NCCCC1CC1)NCCc1ccccc1OC. The molecule has 0 radical (unpaired) electrons. The molecule has 2 N–H and O–H groups in total. The first kappa shape index (κ1) is 15.7. The highest BCUT2D eigenvalue weighted by Crippen LogP contribution is 2.33. The lowest BCUT2D eigenvalue weighted by Gasteiger charge is -2.13. The van der Waals surface area contributed by atoms with Gasteiger partial charge in [-0.3, -0.25) is 4.99 Å². The number of nitrogens with zero attached hydrogens (tertiary/aromatic N) is 1. The minimum Gasteiger partial charge on any atom is -0.496 e. The van der Waals surface area contributed by atoms with Crippen molar-refractivity contribution in [2.24, 2.45) is 10.9 Å². The largest absolute Gasteiger partial charge is 0.496 e. The summed E-state index contributed by atoms with van der Waals surface area (Å²) >= 11 is 0. The Kier molecular flexibility index (Phi) is 6.38. The number of hydrogen-bond donors (Lipinski definition) is 2. The predicted octanol–water partition coefficient (Wildman–Crippen LogP) is 2.59. The van der Waals surface area contributed by atoms with Gasteiger partial charge < -0.3 is 15.4 Å². The molecule has 1 aromatic rings. The Hall–Kier alpha value is -1.71. The lowest BCUT2D eigenvalue weighted by atomic mass is 10.1. The molecular formula is C17H27N3O.